The van der Waals surface area contributed by atoms with Crippen molar-refractivity contribution in [2.24, 2.45) is 11.7 Å². The average molecular weight is 308 g/mol. The zero-order valence-corrected chi connectivity index (χ0v) is 13.1. The minimum absolute atomic E-state index is 0.0187. The first-order chi connectivity index (χ1) is 10.5. The van der Waals surface area contributed by atoms with Crippen molar-refractivity contribution >= 4 is 11.9 Å². The number of carbonyl (C=O) groups is 2. The highest BCUT2D eigenvalue weighted by atomic mass is 16.3. The molecule has 7 heteroatoms. The highest BCUT2D eigenvalue weighted by Gasteiger charge is 2.28. The molecule has 1 fully saturated rings. The Hall–Kier alpha value is -2.02. The van der Waals surface area contributed by atoms with Gasteiger partial charge in [-0.3, -0.25) is 9.69 Å². The normalized spacial score (nSPS) is 20.0. The van der Waals surface area contributed by atoms with Gasteiger partial charge in [-0.2, -0.15) is 0 Å². The number of nitrogens with one attached hydrogen (secondary N) is 1. The minimum Gasteiger partial charge on any atom is -0.468 e. The van der Waals surface area contributed by atoms with Gasteiger partial charge in [0.1, 0.15) is 5.76 Å². The van der Waals surface area contributed by atoms with Crippen LogP contribution in [-0.4, -0.2) is 55.5 Å². The third kappa shape index (κ3) is 4.00. The fraction of sp³-hybridized carbons (Fsp3) is 0.600. The Bertz CT molecular complexity index is 501. The number of likely N-dealkylation sites (tertiary alicyclic amines) is 1. The predicted molar refractivity (Wildman–Crippen MR) is 82.0 cm³/mol. The van der Waals surface area contributed by atoms with Crippen LogP contribution in [0.25, 0.3) is 0 Å². The van der Waals surface area contributed by atoms with Crippen LogP contribution in [-0.2, 0) is 4.79 Å². The first-order valence-electron chi connectivity index (χ1n) is 7.51. The van der Waals surface area contributed by atoms with Gasteiger partial charge in [0.2, 0.25) is 5.91 Å². The van der Waals surface area contributed by atoms with E-state index in [4.69, 9.17) is 10.2 Å². The number of urea groups is 1. The maximum atomic E-state index is 12.3. The van der Waals surface area contributed by atoms with Crippen LogP contribution in [0.15, 0.2) is 22.8 Å². The van der Waals surface area contributed by atoms with Crippen molar-refractivity contribution in [1.82, 2.24) is 15.1 Å². The molecule has 0 aromatic carbocycles. The van der Waals surface area contributed by atoms with Gasteiger partial charge in [-0.15, -0.1) is 0 Å². The van der Waals surface area contributed by atoms with E-state index in [-0.39, 0.29) is 17.9 Å². The maximum absolute atomic E-state index is 12.3. The van der Waals surface area contributed by atoms with Crippen LogP contribution >= 0.6 is 0 Å². The lowest BCUT2D eigenvalue weighted by molar-refractivity contribution is -0.126. The Morgan fingerprint density at radius 3 is 2.91 bits per heavy atom. The number of nitrogens with two attached hydrogens (primary N) is 1. The third-order valence-corrected chi connectivity index (χ3v) is 4.07. The van der Waals surface area contributed by atoms with E-state index in [1.807, 2.05) is 31.1 Å². The van der Waals surface area contributed by atoms with E-state index < -0.39 is 6.03 Å². The van der Waals surface area contributed by atoms with Crippen molar-refractivity contribution in [3.05, 3.63) is 24.2 Å². The highest BCUT2D eigenvalue weighted by Crippen LogP contribution is 2.19. The smallest absolute Gasteiger partial charge is 0.314 e. The molecule has 2 atom stereocenters. The lowest BCUT2D eigenvalue weighted by Gasteiger charge is -2.31. The SMILES string of the molecule is CN(C)[C@H](CNC(=O)[C@@H]1CCCN(C(N)=O)C1)c1ccco1. The molecule has 22 heavy (non-hydrogen) atoms. The van der Waals surface area contributed by atoms with E-state index in [1.54, 1.807) is 6.26 Å². The maximum Gasteiger partial charge on any atom is 0.314 e. The molecule has 1 aliphatic heterocycles. The van der Waals surface area contributed by atoms with Crippen LogP contribution < -0.4 is 11.1 Å². The Balaban J connectivity index is 1.89. The molecule has 2 heterocycles. The molecule has 0 spiro atoms. The molecule has 3 amide bonds. The number of furan rings is 1. The summed E-state index contributed by atoms with van der Waals surface area (Å²) in [6.07, 6.45) is 3.21. The van der Waals surface area contributed by atoms with E-state index in [9.17, 15) is 9.59 Å². The van der Waals surface area contributed by atoms with E-state index in [0.717, 1.165) is 18.6 Å². The number of hydrogen-bond acceptors (Lipinski definition) is 4. The Morgan fingerprint density at radius 2 is 2.32 bits per heavy atom. The molecular weight excluding hydrogens is 284 g/mol. The van der Waals surface area contributed by atoms with Crippen LogP contribution in [0.5, 0.6) is 0 Å². The van der Waals surface area contributed by atoms with Crippen molar-refractivity contribution in [3.63, 3.8) is 0 Å². The minimum atomic E-state index is -0.459. The Kier molecular flexibility index (Phi) is 5.43. The van der Waals surface area contributed by atoms with E-state index in [0.29, 0.717) is 19.6 Å². The molecule has 122 valence electrons. The molecule has 0 aliphatic carbocycles. The van der Waals surface area contributed by atoms with Crippen LogP contribution in [0.1, 0.15) is 24.6 Å². The first-order valence-corrected chi connectivity index (χ1v) is 7.51. The third-order valence-electron chi connectivity index (χ3n) is 4.07. The van der Waals surface area contributed by atoms with Gasteiger partial charge in [-0.05, 0) is 39.1 Å². The fourth-order valence-electron chi connectivity index (χ4n) is 2.75. The largest absolute Gasteiger partial charge is 0.468 e. The molecule has 3 N–H and O–H groups in total. The standard InChI is InChI=1S/C15H24N4O3/c1-18(2)12(13-6-4-8-22-13)9-17-14(20)11-5-3-7-19(10-11)15(16)21/h4,6,8,11-12H,3,5,7,9-10H2,1-2H3,(H2,16,21)(H,17,20)/t11-,12-/m1/s1. The first kappa shape index (κ1) is 16.4. The van der Waals surface area contributed by atoms with Gasteiger partial charge in [0.05, 0.1) is 18.2 Å². The summed E-state index contributed by atoms with van der Waals surface area (Å²) in [5.74, 6) is 0.581. The second kappa shape index (κ2) is 7.31. The summed E-state index contributed by atoms with van der Waals surface area (Å²) in [7, 11) is 3.88. The number of primary amides is 1. The van der Waals surface area contributed by atoms with Crippen molar-refractivity contribution in [1.29, 1.82) is 0 Å². The van der Waals surface area contributed by atoms with Crippen LogP contribution in [0.3, 0.4) is 0 Å². The van der Waals surface area contributed by atoms with E-state index in [1.165, 1.54) is 4.90 Å². The van der Waals surface area contributed by atoms with Gasteiger partial charge in [-0.25, -0.2) is 4.79 Å². The lowest BCUT2D eigenvalue weighted by atomic mass is 9.97. The van der Waals surface area contributed by atoms with Crippen molar-refractivity contribution in [2.45, 2.75) is 18.9 Å². The molecule has 1 aromatic heterocycles. The summed E-state index contributed by atoms with van der Waals surface area (Å²) >= 11 is 0. The van der Waals surface area contributed by atoms with Gasteiger partial charge in [0.25, 0.3) is 0 Å². The zero-order valence-electron chi connectivity index (χ0n) is 13.1. The average Bonchev–Trinajstić information content (AvgIpc) is 3.01. The number of carbonyl (C=O) groups excluding carboxylic acids is 2. The van der Waals surface area contributed by atoms with E-state index in [2.05, 4.69) is 5.32 Å². The quantitative estimate of drug-likeness (QED) is 0.841. The van der Waals surface area contributed by atoms with Crippen molar-refractivity contribution < 1.29 is 14.0 Å². The summed E-state index contributed by atoms with van der Waals surface area (Å²) in [4.78, 5) is 27.1. The predicted octanol–water partition coefficient (Wildman–Crippen LogP) is 0.789. The van der Waals surface area contributed by atoms with Crippen LogP contribution in [0.2, 0.25) is 0 Å². The molecule has 0 bridgehead atoms. The van der Waals surface area contributed by atoms with Crippen molar-refractivity contribution in [2.75, 3.05) is 33.7 Å². The Morgan fingerprint density at radius 1 is 1.55 bits per heavy atom. The summed E-state index contributed by atoms with van der Waals surface area (Å²) in [6.45, 7) is 1.49. The molecular formula is C15H24N4O3. The number of amides is 3. The molecule has 0 saturated carbocycles. The monoisotopic (exact) mass is 308 g/mol. The van der Waals surface area contributed by atoms with Gasteiger partial charge >= 0.3 is 6.03 Å². The molecule has 0 unspecified atom stereocenters. The second-order valence-electron chi connectivity index (χ2n) is 5.86. The molecule has 1 aliphatic rings. The molecule has 1 aromatic rings. The fourth-order valence-corrected chi connectivity index (χ4v) is 2.75. The molecule has 0 radical (unpaired) electrons. The van der Waals surface area contributed by atoms with Gasteiger partial charge in [0.15, 0.2) is 0 Å². The summed E-state index contributed by atoms with van der Waals surface area (Å²) in [6, 6.07) is 3.25. The van der Waals surface area contributed by atoms with Gasteiger partial charge in [0, 0.05) is 19.6 Å². The summed E-state index contributed by atoms with van der Waals surface area (Å²) in [5, 5.41) is 2.96. The lowest BCUT2D eigenvalue weighted by Crippen LogP contribution is -2.48. The summed E-state index contributed by atoms with van der Waals surface area (Å²) < 4.78 is 5.42. The highest BCUT2D eigenvalue weighted by molar-refractivity contribution is 5.80. The molecule has 2 rings (SSSR count). The number of rotatable bonds is 5. The number of nitrogens with zero attached hydrogens (tertiary/aromatic N) is 2. The van der Waals surface area contributed by atoms with Crippen LogP contribution in [0.4, 0.5) is 4.79 Å². The number of likely N-dealkylation sites (N-methyl/N-ethyl adjacent to an activating group) is 1. The van der Waals surface area contributed by atoms with Crippen molar-refractivity contribution in [3.8, 4) is 0 Å². The summed E-state index contributed by atoms with van der Waals surface area (Å²) in [5.41, 5.74) is 5.29. The molecule has 1 saturated heterocycles. The van der Waals surface area contributed by atoms with Gasteiger partial charge < -0.3 is 20.4 Å². The van der Waals surface area contributed by atoms with Crippen LogP contribution in [0, 0.1) is 5.92 Å². The number of hydrogen-bond donors (Lipinski definition) is 2. The van der Waals surface area contributed by atoms with E-state index >= 15 is 0 Å². The second-order valence-corrected chi connectivity index (χ2v) is 5.86. The number of piperidine rings is 1. The van der Waals surface area contributed by atoms with Gasteiger partial charge in [-0.1, -0.05) is 0 Å². The molecule has 7 nitrogen and oxygen atoms in total. The Labute approximate surface area is 130 Å². The zero-order chi connectivity index (χ0) is 16.1. The topological polar surface area (TPSA) is 91.8 Å².